The van der Waals surface area contributed by atoms with E-state index >= 15 is 0 Å². The molecule has 10 heteroatoms. The van der Waals surface area contributed by atoms with Crippen LogP contribution in [0.25, 0.3) is 10.2 Å². The minimum atomic E-state index is -0.617. The Morgan fingerprint density at radius 2 is 1.73 bits per heavy atom. The highest BCUT2D eigenvalue weighted by molar-refractivity contribution is 7.17. The lowest BCUT2D eigenvalue weighted by molar-refractivity contribution is -0.116. The molecule has 0 atom stereocenters. The second-order valence-electron chi connectivity index (χ2n) is 6.04. The number of amides is 1. The van der Waals surface area contributed by atoms with E-state index in [0.29, 0.717) is 4.83 Å². The van der Waals surface area contributed by atoms with E-state index in [1.807, 2.05) is 0 Å². The van der Waals surface area contributed by atoms with Crippen molar-refractivity contribution in [1.29, 1.82) is 0 Å². The highest BCUT2D eigenvalue weighted by Gasteiger charge is 2.20. The molecule has 0 radical (unpaired) electrons. The van der Waals surface area contributed by atoms with E-state index in [1.54, 1.807) is 32.0 Å². The fourth-order valence-corrected chi connectivity index (χ4v) is 3.63. The number of anilines is 1. The van der Waals surface area contributed by atoms with Crippen molar-refractivity contribution >= 4 is 45.1 Å². The van der Waals surface area contributed by atoms with Gasteiger partial charge in [0.05, 0.1) is 41.7 Å². The molecule has 30 heavy (non-hydrogen) atoms. The lowest BCUT2D eigenvalue weighted by Crippen LogP contribution is -2.28. The Morgan fingerprint density at radius 3 is 2.43 bits per heavy atom. The third kappa shape index (κ3) is 4.38. The van der Waals surface area contributed by atoms with E-state index < -0.39 is 23.4 Å². The summed E-state index contributed by atoms with van der Waals surface area (Å²) in [5, 5.41) is 4.23. The molecule has 0 fully saturated rings. The summed E-state index contributed by atoms with van der Waals surface area (Å²) in [6.07, 6.45) is 1.24. The molecule has 2 aromatic heterocycles. The zero-order chi connectivity index (χ0) is 21.7. The molecule has 3 rings (SSSR count). The highest BCUT2D eigenvalue weighted by Crippen LogP contribution is 2.21. The van der Waals surface area contributed by atoms with Crippen molar-refractivity contribution in [1.82, 2.24) is 9.55 Å². The molecule has 0 saturated heterocycles. The van der Waals surface area contributed by atoms with Crippen molar-refractivity contribution in [2.45, 2.75) is 20.4 Å². The van der Waals surface area contributed by atoms with Crippen LogP contribution in [-0.2, 0) is 20.8 Å². The number of benzene rings is 1. The van der Waals surface area contributed by atoms with Crippen LogP contribution >= 0.6 is 11.3 Å². The minimum Gasteiger partial charge on any atom is -0.462 e. The van der Waals surface area contributed by atoms with Crippen LogP contribution in [0, 0.1) is 0 Å². The number of para-hydroxylation sites is 1. The van der Waals surface area contributed by atoms with E-state index in [-0.39, 0.29) is 42.0 Å². The van der Waals surface area contributed by atoms with Crippen LogP contribution in [-0.4, -0.2) is 40.6 Å². The summed E-state index contributed by atoms with van der Waals surface area (Å²) in [6, 6.07) is 6.41. The maximum absolute atomic E-state index is 12.8. The van der Waals surface area contributed by atoms with Crippen molar-refractivity contribution < 1.29 is 23.9 Å². The van der Waals surface area contributed by atoms with Gasteiger partial charge < -0.3 is 14.8 Å². The molecule has 0 aliphatic carbocycles. The largest absolute Gasteiger partial charge is 0.462 e. The van der Waals surface area contributed by atoms with Crippen LogP contribution in [0.4, 0.5) is 5.69 Å². The number of carbonyl (C=O) groups excluding carboxylic acids is 3. The molecule has 156 valence electrons. The zero-order valence-corrected chi connectivity index (χ0v) is 17.2. The lowest BCUT2D eigenvalue weighted by atomic mass is 10.2. The molecular formula is C20H19N3O6S. The Morgan fingerprint density at radius 1 is 1.07 bits per heavy atom. The number of thiophene rings is 1. The first-order chi connectivity index (χ1) is 14.5. The third-order valence-corrected chi connectivity index (χ3v) is 4.95. The number of hydrogen-bond acceptors (Lipinski definition) is 8. The molecular weight excluding hydrogens is 410 g/mol. The van der Waals surface area contributed by atoms with E-state index in [1.165, 1.54) is 17.8 Å². The zero-order valence-electron chi connectivity index (χ0n) is 16.3. The van der Waals surface area contributed by atoms with Crippen LogP contribution in [0.1, 0.15) is 34.6 Å². The Labute approximate surface area is 175 Å². The van der Waals surface area contributed by atoms with Gasteiger partial charge in [0.2, 0.25) is 5.91 Å². The number of nitrogens with one attached hydrogen (secondary N) is 1. The standard InChI is InChI=1S/C20H19N3O6S/c1-3-28-19(26)12-7-5-6-8-14(12)22-15(24)9-23-11-21-17-16(18(23)25)13(10-30-17)20(27)29-4-2/h5-8,10-11H,3-4,9H2,1-2H3,(H,22,24). The second-order valence-corrected chi connectivity index (χ2v) is 6.90. The van der Waals surface area contributed by atoms with Gasteiger partial charge >= 0.3 is 11.9 Å². The van der Waals surface area contributed by atoms with Crippen molar-refractivity contribution in [3.05, 3.63) is 57.5 Å². The molecule has 0 spiro atoms. The summed E-state index contributed by atoms with van der Waals surface area (Å²) in [4.78, 5) is 54.0. The van der Waals surface area contributed by atoms with Gasteiger partial charge in [-0.3, -0.25) is 14.2 Å². The number of aromatic nitrogens is 2. The summed E-state index contributed by atoms with van der Waals surface area (Å²) in [5.74, 6) is -1.72. The first kappa shape index (κ1) is 21.2. The number of nitrogens with zero attached hydrogens (tertiary/aromatic N) is 2. The molecule has 1 amide bonds. The summed E-state index contributed by atoms with van der Waals surface area (Å²) >= 11 is 1.15. The monoisotopic (exact) mass is 429 g/mol. The minimum absolute atomic E-state index is 0.112. The summed E-state index contributed by atoms with van der Waals surface area (Å²) in [7, 11) is 0. The van der Waals surface area contributed by atoms with Gasteiger partial charge in [-0.1, -0.05) is 12.1 Å². The van der Waals surface area contributed by atoms with E-state index in [2.05, 4.69) is 10.3 Å². The van der Waals surface area contributed by atoms with Crippen LogP contribution in [0.15, 0.2) is 40.8 Å². The predicted molar refractivity (Wildman–Crippen MR) is 111 cm³/mol. The molecule has 1 N–H and O–H groups in total. The normalized spacial score (nSPS) is 10.6. The number of hydrogen-bond donors (Lipinski definition) is 1. The topological polar surface area (TPSA) is 117 Å². The van der Waals surface area contributed by atoms with E-state index in [4.69, 9.17) is 9.47 Å². The summed E-state index contributed by atoms with van der Waals surface area (Å²) in [6.45, 7) is 3.38. The fourth-order valence-electron chi connectivity index (χ4n) is 2.76. The molecule has 0 aliphatic heterocycles. The lowest BCUT2D eigenvalue weighted by Gasteiger charge is -2.11. The SMILES string of the molecule is CCOC(=O)c1ccccc1NC(=O)Cn1cnc2scc(C(=O)OCC)c2c1=O. The van der Waals surface area contributed by atoms with Gasteiger partial charge in [0, 0.05) is 5.38 Å². The third-order valence-electron chi connectivity index (χ3n) is 4.07. The maximum atomic E-state index is 12.8. The molecule has 0 unspecified atom stereocenters. The van der Waals surface area contributed by atoms with Crippen molar-refractivity contribution in [3.8, 4) is 0 Å². The van der Waals surface area contributed by atoms with Gasteiger partial charge in [0.15, 0.2) is 0 Å². The predicted octanol–water partition coefficient (Wildman–Crippen LogP) is 2.45. The Hall–Kier alpha value is -3.53. The van der Waals surface area contributed by atoms with Crippen LogP contribution in [0.5, 0.6) is 0 Å². The Kier molecular flexibility index (Phi) is 6.58. The van der Waals surface area contributed by atoms with Crippen molar-refractivity contribution in [3.63, 3.8) is 0 Å². The van der Waals surface area contributed by atoms with Gasteiger partial charge in [-0.2, -0.15) is 0 Å². The summed E-state index contributed by atoms with van der Waals surface area (Å²) < 4.78 is 11.1. The average molecular weight is 429 g/mol. The second kappa shape index (κ2) is 9.31. The van der Waals surface area contributed by atoms with Gasteiger partial charge in [0.25, 0.3) is 5.56 Å². The first-order valence-corrected chi connectivity index (χ1v) is 10.0. The summed E-state index contributed by atoms with van der Waals surface area (Å²) in [5.41, 5.74) is 0.0664. The quantitative estimate of drug-likeness (QED) is 0.573. The van der Waals surface area contributed by atoms with Crippen molar-refractivity contribution in [2.24, 2.45) is 0 Å². The van der Waals surface area contributed by atoms with Gasteiger partial charge in [-0.15, -0.1) is 11.3 Å². The van der Waals surface area contributed by atoms with E-state index in [0.717, 1.165) is 15.9 Å². The molecule has 2 heterocycles. The van der Waals surface area contributed by atoms with Gasteiger partial charge in [-0.05, 0) is 26.0 Å². The molecule has 0 bridgehead atoms. The van der Waals surface area contributed by atoms with E-state index in [9.17, 15) is 19.2 Å². The highest BCUT2D eigenvalue weighted by atomic mass is 32.1. The first-order valence-electron chi connectivity index (χ1n) is 9.16. The fraction of sp³-hybridized carbons (Fsp3) is 0.250. The van der Waals surface area contributed by atoms with Gasteiger partial charge in [0.1, 0.15) is 11.4 Å². The number of esters is 2. The molecule has 1 aromatic carbocycles. The number of ether oxygens (including phenoxy) is 2. The van der Waals surface area contributed by atoms with Crippen LogP contribution in [0.2, 0.25) is 0 Å². The molecule has 9 nitrogen and oxygen atoms in total. The van der Waals surface area contributed by atoms with Gasteiger partial charge in [-0.25, -0.2) is 14.6 Å². The number of carbonyl (C=O) groups is 3. The average Bonchev–Trinajstić information content (AvgIpc) is 3.16. The number of fused-ring (bicyclic) bond motifs is 1. The smallest absolute Gasteiger partial charge is 0.340 e. The Balaban J connectivity index is 1.85. The molecule has 3 aromatic rings. The van der Waals surface area contributed by atoms with Crippen molar-refractivity contribution in [2.75, 3.05) is 18.5 Å². The maximum Gasteiger partial charge on any atom is 0.340 e. The van der Waals surface area contributed by atoms with Crippen LogP contribution < -0.4 is 10.9 Å². The Bertz CT molecular complexity index is 1170. The number of rotatable bonds is 7. The molecule has 0 aliphatic rings. The molecule has 0 saturated carbocycles. The van der Waals surface area contributed by atoms with Crippen LogP contribution in [0.3, 0.4) is 0 Å².